The van der Waals surface area contributed by atoms with Gasteiger partial charge < -0.3 is 9.64 Å². The molecule has 0 spiro atoms. The van der Waals surface area contributed by atoms with Gasteiger partial charge in [0.25, 0.3) is 0 Å². The average Bonchev–Trinajstić information content (AvgIpc) is 2.78. The molecule has 9 heteroatoms. The first kappa shape index (κ1) is 25.4. The van der Waals surface area contributed by atoms with Crippen LogP contribution in [-0.4, -0.2) is 64.7 Å². The fraction of sp³-hybridized carbons (Fsp3) is 0.458. The van der Waals surface area contributed by atoms with Gasteiger partial charge in [-0.15, -0.1) is 0 Å². The van der Waals surface area contributed by atoms with Crippen LogP contribution in [0.3, 0.4) is 0 Å². The van der Waals surface area contributed by atoms with Crippen LogP contribution in [0.15, 0.2) is 36.4 Å². The molecule has 1 saturated heterocycles. The van der Waals surface area contributed by atoms with Crippen molar-refractivity contribution < 1.29 is 26.7 Å². The highest BCUT2D eigenvalue weighted by atomic mass is 32.2. The number of Topliss-reactive ketones (excluding diaryl/α,β-unsaturated/α-hetero) is 1. The first-order chi connectivity index (χ1) is 15.7. The summed E-state index contributed by atoms with van der Waals surface area (Å²) < 4.78 is 60.9. The SMILES string of the molecule is COCCN1CCCC(CS(=O)(=O)NCC(=O)c2cc(-c3cccc(F)c3)cc(C)c2F)C1. The summed E-state index contributed by atoms with van der Waals surface area (Å²) >= 11 is 0. The molecule has 1 heterocycles. The first-order valence-electron chi connectivity index (χ1n) is 11.0. The van der Waals surface area contributed by atoms with Crippen LogP contribution in [0.25, 0.3) is 11.1 Å². The maximum absolute atomic E-state index is 14.7. The van der Waals surface area contributed by atoms with Gasteiger partial charge in [0.1, 0.15) is 11.6 Å². The summed E-state index contributed by atoms with van der Waals surface area (Å²) in [4.78, 5) is 14.9. The van der Waals surface area contributed by atoms with Crippen LogP contribution in [0.4, 0.5) is 8.78 Å². The van der Waals surface area contributed by atoms with Crippen LogP contribution in [0.2, 0.25) is 0 Å². The van der Waals surface area contributed by atoms with Crippen molar-refractivity contribution in [2.75, 3.05) is 45.6 Å². The number of methoxy groups -OCH3 is 1. The highest BCUT2D eigenvalue weighted by molar-refractivity contribution is 7.89. The highest BCUT2D eigenvalue weighted by Gasteiger charge is 2.26. The number of nitrogens with zero attached hydrogens (tertiary/aromatic N) is 1. The van der Waals surface area contributed by atoms with Crippen LogP contribution in [-0.2, 0) is 14.8 Å². The van der Waals surface area contributed by atoms with Crippen molar-refractivity contribution >= 4 is 15.8 Å². The fourth-order valence-electron chi connectivity index (χ4n) is 4.16. The summed E-state index contributed by atoms with van der Waals surface area (Å²) in [7, 11) is -2.09. The van der Waals surface area contributed by atoms with Crippen molar-refractivity contribution in [3.63, 3.8) is 0 Å². The second-order valence-corrected chi connectivity index (χ2v) is 10.3. The summed E-state index contributed by atoms with van der Waals surface area (Å²) in [6.45, 7) is 3.88. The molecule has 0 aromatic heterocycles. The standard InChI is InChI=1S/C24H30F2N2O4S/c1-17-11-20(19-6-3-7-21(25)12-19)13-22(24(17)26)23(29)14-27-33(30,31)16-18-5-4-8-28(15-18)9-10-32-2/h3,6-7,11-13,18,27H,4-5,8-10,14-16H2,1-2H3. The van der Waals surface area contributed by atoms with E-state index in [0.717, 1.165) is 25.9 Å². The molecule has 1 aliphatic heterocycles. The summed E-state index contributed by atoms with van der Waals surface area (Å²) in [5.74, 6) is -1.96. The molecule has 0 aliphatic carbocycles. The number of rotatable bonds is 10. The second kappa shape index (κ2) is 11.3. The molecular weight excluding hydrogens is 450 g/mol. The molecule has 0 bridgehead atoms. The molecule has 0 saturated carbocycles. The van der Waals surface area contributed by atoms with E-state index in [4.69, 9.17) is 4.74 Å². The fourth-order valence-corrected chi connectivity index (χ4v) is 5.52. The van der Waals surface area contributed by atoms with Gasteiger partial charge in [0.05, 0.1) is 24.5 Å². The topological polar surface area (TPSA) is 75.7 Å². The smallest absolute Gasteiger partial charge is 0.212 e. The van der Waals surface area contributed by atoms with Crippen molar-refractivity contribution in [2.45, 2.75) is 19.8 Å². The van der Waals surface area contributed by atoms with Gasteiger partial charge in [0, 0.05) is 20.2 Å². The zero-order valence-corrected chi connectivity index (χ0v) is 19.8. The third kappa shape index (κ3) is 7.14. The third-order valence-electron chi connectivity index (χ3n) is 5.84. The highest BCUT2D eigenvalue weighted by Crippen LogP contribution is 2.26. The maximum atomic E-state index is 14.7. The molecule has 1 fully saturated rings. The van der Waals surface area contributed by atoms with Crippen LogP contribution < -0.4 is 4.72 Å². The third-order valence-corrected chi connectivity index (χ3v) is 7.33. The van der Waals surface area contributed by atoms with Crippen molar-refractivity contribution in [2.24, 2.45) is 5.92 Å². The Labute approximate surface area is 194 Å². The van der Waals surface area contributed by atoms with Crippen molar-refractivity contribution in [3.05, 3.63) is 59.2 Å². The van der Waals surface area contributed by atoms with Crippen molar-refractivity contribution in [1.29, 1.82) is 0 Å². The molecule has 1 N–H and O–H groups in total. The molecule has 180 valence electrons. The van der Waals surface area contributed by atoms with Crippen LogP contribution >= 0.6 is 0 Å². The second-order valence-electron chi connectivity index (χ2n) is 8.49. The molecule has 6 nitrogen and oxygen atoms in total. The lowest BCUT2D eigenvalue weighted by molar-refractivity contribution is 0.0992. The van der Waals surface area contributed by atoms with E-state index in [0.29, 0.717) is 24.3 Å². The number of halogens is 2. The van der Waals surface area contributed by atoms with E-state index < -0.39 is 34.0 Å². The van der Waals surface area contributed by atoms with Crippen LogP contribution in [0.1, 0.15) is 28.8 Å². The normalized spacial score (nSPS) is 17.3. The summed E-state index contributed by atoms with van der Waals surface area (Å²) in [6.07, 6.45) is 1.70. The van der Waals surface area contributed by atoms with E-state index in [1.165, 1.54) is 37.3 Å². The minimum atomic E-state index is -3.72. The lowest BCUT2D eigenvalue weighted by Gasteiger charge is -2.32. The molecule has 2 aromatic rings. The number of ketones is 1. The van der Waals surface area contributed by atoms with Crippen molar-refractivity contribution in [1.82, 2.24) is 9.62 Å². The number of sulfonamides is 1. The molecular formula is C24H30F2N2O4S. The molecule has 1 atom stereocenters. The first-order valence-corrected chi connectivity index (χ1v) is 12.6. The Hall–Kier alpha value is -2.20. The van der Waals surface area contributed by atoms with Gasteiger partial charge in [-0.3, -0.25) is 4.79 Å². The predicted molar refractivity (Wildman–Crippen MR) is 124 cm³/mol. The summed E-state index contributed by atoms with van der Waals surface area (Å²) in [6, 6.07) is 8.65. The minimum Gasteiger partial charge on any atom is -0.383 e. The van der Waals surface area contributed by atoms with E-state index in [2.05, 4.69) is 9.62 Å². The number of aryl methyl sites for hydroxylation is 1. The molecule has 1 aliphatic rings. The van der Waals surface area contributed by atoms with Gasteiger partial charge in [-0.25, -0.2) is 21.9 Å². The number of likely N-dealkylation sites (tertiary alicyclic amines) is 1. The largest absolute Gasteiger partial charge is 0.383 e. The molecule has 2 aromatic carbocycles. The number of ether oxygens (including phenoxy) is 1. The molecule has 33 heavy (non-hydrogen) atoms. The molecule has 0 amide bonds. The number of carbonyl (C=O) groups is 1. The van der Waals surface area contributed by atoms with E-state index in [1.807, 2.05) is 0 Å². The Kier molecular flexibility index (Phi) is 8.69. The summed E-state index contributed by atoms with van der Waals surface area (Å²) in [5.41, 5.74) is 0.989. The maximum Gasteiger partial charge on any atom is 0.212 e. The minimum absolute atomic E-state index is 0.0431. The Morgan fingerprint density at radius 2 is 2.00 bits per heavy atom. The number of piperidine rings is 1. The Morgan fingerprint density at radius 3 is 2.73 bits per heavy atom. The lowest BCUT2D eigenvalue weighted by Crippen LogP contribution is -2.42. The number of hydrogen-bond donors (Lipinski definition) is 1. The van der Waals surface area contributed by atoms with Crippen molar-refractivity contribution in [3.8, 4) is 11.1 Å². The van der Waals surface area contributed by atoms with Gasteiger partial charge in [-0.05, 0) is 73.2 Å². The number of benzene rings is 2. The monoisotopic (exact) mass is 480 g/mol. The number of nitrogens with one attached hydrogen (secondary N) is 1. The van der Waals surface area contributed by atoms with Gasteiger partial charge in [0.15, 0.2) is 5.78 Å². The zero-order valence-electron chi connectivity index (χ0n) is 18.9. The van der Waals surface area contributed by atoms with Gasteiger partial charge in [-0.1, -0.05) is 12.1 Å². The van der Waals surface area contributed by atoms with Gasteiger partial charge in [0.2, 0.25) is 10.0 Å². The molecule has 0 radical (unpaired) electrons. The predicted octanol–water partition coefficient (Wildman–Crippen LogP) is 3.40. The number of hydrogen-bond acceptors (Lipinski definition) is 5. The molecule has 3 rings (SSSR count). The Morgan fingerprint density at radius 1 is 1.21 bits per heavy atom. The van der Waals surface area contributed by atoms with Gasteiger partial charge >= 0.3 is 0 Å². The molecule has 1 unspecified atom stereocenters. The lowest BCUT2D eigenvalue weighted by atomic mass is 9.97. The van der Waals surface area contributed by atoms with Crippen LogP contribution in [0, 0.1) is 24.5 Å². The van der Waals surface area contributed by atoms with Crippen LogP contribution in [0.5, 0.6) is 0 Å². The average molecular weight is 481 g/mol. The zero-order chi connectivity index (χ0) is 24.0. The Bertz CT molecular complexity index is 1090. The summed E-state index contributed by atoms with van der Waals surface area (Å²) in [5, 5.41) is 0. The van der Waals surface area contributed by atoms with E-state index >= 15 is 0 Å². The van der Waals surface area contributed by atoms with Gasteiger partial charge in [-0.2, -0.15) is 0 Å². The Balaban J connectivity index is 1.66. The van der Waals surface area contributed by atoms with E-state index in [1.54, 1.807) is 13.2 Å². The van der Waals surface area contributed by atoms with E-state index in [9.17, 15) is 22.0 Å². The quantitative estimate of drug-likeness (QED) is 0.528. The number of carbonyl (C=O) groups excluding carboxylic acids is 1. The van der Waals surface area contributed by atoms with E-state index in [-0.39, 0.29) is 22.8 Å².